The molecule has 1 aliphatic rings. The number of nitrogens with two attached hydrogens (primary N) is 1. The van der Waals surface area contributed by atoms with E-state index in [0.29, 0.717) is 11.9 Å². The lowest BCUT2D eigenvalue weighted by molar-refractivity contribution is 1.01. The molecule has 68 valence electrons. The van der Waals surface area contributed by atoms with Gasteiger partial charge in [-0.05, 0) is 12.5 Å². The molecule has 0 fully saturated rings. The SMILES string of the molecule is CN(C1=CCC=C1)c1n[nH]c(N)n1. The van der Waals surface area contributed by atoms with Crippen LogP contribution in [0.15, 0.2) is 23.9 Å². The van der Waals surface area contributed by atoms with E-state index in [0.717, 1.165) is 12.1 Å². The highest BCUT2D eigenvalue weighted by atomic mass is 15.4. The van der Waals surface area contributed by atoms with Gasteiger partial charge in [-0.2, -0.15) is 4.98 Å². The second-order valence-corrected chi connectivity index (χ2v) is 2.85. The molecule has 0 unspecified atom stereocenters. The molecule has 3 N–H and O–H groups in total. The van der Waals surface area contributed by atoms with E-state index in [-0.39, 0.29) is 0 Å². The Morgan fingerprint density at radius 3 is 3.00 bits per heavy atom. The molecule has 1 aliphatic carbocycles. The van der Waals surface area contributed by atoms with Crippen LogP contribution in [0.2, 0.25) is 0 Å². The van der Waals surface area contributed by atoms with Crippen LogP contribution in [0, 0.1) is 0 Å². The van der Waals surface area contributed by atoms with E-state index >= 15 is 0 Å². The highest BCUT2D eigenvalue weighted by Gasteiger charge is 2.10. The van der Waals surface area contributed by atoms with Gasteiger partial charge in [0, 0.05) is 12.7 Å². The number of likely N-dealkylation sites (N-methyl/N-ethyl adjacent to an activating group) is 1. The van der Waals surface area contributed by atoms with Gasteiger partial charge in [0.05, 0.1) is 0 Å². The van der Waals surface area contributed by atoms with Crippen LogP contribution in [0.25, 0.3) is 0 Å². The topological polar surface area (TPSA) is 70.8 Å². The molecule has 0 aromatic carbocycles. The lowest BCUT2D eigenvalue weighted by Gasteiger charge is -2.13. The quantitative estimate of drug-likeness (QED) is 0.696. The smallest absolute Gasteiger partial charge is 0.250 e. The number of nitrogens with zero attached hydrogens (tertiary/aromatic N) is 3. The Balaban J connectivity index is 2.21. The van der Waals surface area contributed by atoms with Gasteiger partial charge in [0.15, 0.2) is 0 Å². The van der Waals surface area contributed by atoms with Gasteiger partial charge in [-0.25, -0.2) is 5.10 Å². The third-order valence-electron chi connectivity index (χ3n) is 1.93. The maximum Gasteiger partial charge on any atom is 0.250 e. The number of hydrogen-bond acceptors (Lipinski definition) is 4. The van der Waals surface area contributed by atoms with Crippen LogP contribution in [-0.2, 0) is 0 Å². The standard InChI is InChI=1S/C8H11N5/c1-13(6-4-2-3-5-6)8-10-7(9)11-12-8/h2,4-5H,3H2,1H3,(H3,9,10,11,12). The summed E-state index contributed by atoms with van der Waals surface area (Å²) in [5.74, 6) is 0.930. The van der Waals surface area contributed by atoms with Crippen LogP contribution < -0.4 is 10.6 Å². The molecule has 5 heteroatoms. The van der Waals surface area contributed by atoms with Crippen molar-refractivity contribution in [3.63, 3.8) is 0 Å². The second-order valence-electron chi connectivity index (χ2n) is 2.85. The van der Waals surface area contributed by atoms with Crippen LogP contribution in [0.4, 0.5) is 11.9 Å². The fourth-order valence-electron chi connectivity index (χ4n) is 1.22. The van der Waals surface area contributed by atoms with Crippen molar-refractivity contribution in [3.8, 4) is 0 Å². The molecule has 0 saturated carbocycles. The Hall–Kier alpha value is -1.78. The lowest BCUT2D eigenvalue weighted by Crippen LogP contribution is -2.15. The van der Waals surface area contributed by atoms with E-state index < -0.39 is 0 Å². The van der Waals surface area contributed by atoms with Crippen molar-refractivity contribution < 1.29 is 0 Å². The van der Waals surface area contributed by atoms with Crippen molar-refractivity contribution in [1.29, 1.82) is 0 Å². The summed E-state index contributed by atoms with van der Waals surface area (Å²) in [6, 6.07) is 0. The van der Waals surface area contributed by atoms with Crippen molar-refractivity contribution >= 4 is 11.9 Å². The van der Waals surface area contributed by atoms with Gasteiger partial charge in [0.2, 0.25) is 5.95 Å². The minimum absolute atomic E-state index is 0.337. The molecule has 0 bridgehead atoms. The van der Waals surface area contributed by atoms with Crippen molar-refractivity contribution in [2.75, 3.05) is 17.7 Å². The van der Waals surface area contributed by atoms with Crippen molar-refractivity contribution in [2.45, 2.75) is 6.42 Å². The lowest BCUT2D eigenvalue weighted by atomic mass is 10.4. The monoisotopic (exact) mass is 177 g/mol. The number of hydrogen-bond donors (Lipinski definition) is 2. The Labute approximate surface area is 76.0 Å². The summed E-state index contributed by atoms with van der Waals surface area (Å²) in [5.41, 5.74) is 6.52. The minimum Gasteiger partial charge on any atom is -0.368 e. The van der Waals surface area contributed by atoms with E-state index in [9.17, 15) is 0 Å². The average molecular weight is 177 g/mol. The minimum atomic E-state index is 0.337. The maximum absolute atomic E-state index is 5.42. The fraction of sp³-hybridized carbons (Fsp3) is 0.250. The molecule has 0 saturated heterocycles. The molecule has 5 nitrogen and oxygen atoms in total. The molecule has 1 aromatic rings. The van der Waals surface area contributed by atoms with E-state index in [1.807, 2.05) is 18.0 Å². The van der Waals surface area contributed by atoms with Crippen LogP contribution >= 0.6 is 0 Å². The highest BCUT2D eigenvalue weighted by Crippen LogP contribution is 2.17. The van der Waals surface area contributed by atoms with Crippen LogP contribution in [0.5, 0.6) is 0 Å². The number of nitrogens with one attached hydrogen (secondary N) is 1. The zero-order valence-corrected chi connectivity index (χ0v) is 7.36. The number of H-pyrrole nitrogens is 1. The van der Waals surface area contributed by atoms with Crippen molar-refractivity contribution in [1.82, 2.24) is 15.2 Å². The molecular formula is C8H11N5. The Morgan fingerprint density at radius 2 is 2.46 bits per heavy atom. The van der Waals surface area contributed by atoms with Gasteiger partial charge < -0.3 is 10.6 Å². The number of nitrogen functional groups attached to an aromatic ring is 1. The highest BCUT2D eigenvalue weighted by molar-refractivity contribution is 5.46. The number of aromatic amines is 1. The third kappa shape index (κ3) is 1.40. The van der Waals surface area contributed by atoms with Gasteiger partial charge >= 0.3 is 0 Å². The molecular weight excluding hydrogens is 166 g/mol. The summed E-state index contributed by atoms with van der Waals surface area (Å²) in [5, 5.41) is 6.55. The molecule has 1 heterocycles. The van der Waals surface area contributed by atoms with E-state index in [1.54, 1.807) is 0 Å². The Kier molecular flexibility index (Phi) is 1.77. The second kappa shape index (κ2) is 2.93. The molecule has 0 aliphatic heterocycles. The predicted octanol–water partition coefficient (Wildman–Crippen LogP) is 0.667. The summed E-state index contributed by atoms with van der Waals surface area (Å²) in [4.78, 5) is 5.90. The number of rotatable bonds is 2. The number of anilines is 2. The first-order chi connectivity index (χ1) is 6.27. The molecule has 13 heavy (non-hydrogen) atoms. The zero-order chi connectivity index (χ0) is 9.26. The average Bonchev–Trinajstić information content (AvgIpc) is 2.72. The summed E-state index contributed by atoms with van der Waals surface area (Å²) >= 11 is 0. The Morgan fingerprint density at radius 1 is 1.62 bits per heavy atom. The third-order valence-corrected chi connectivity index (χ3v) is 1.93. The number of allylic oxidation sites excluding steroid dienone is 3. The van der Waals surface area contributed by atoms with Gasteiger partial charge in [0.25, 0.3) is 5.95 Å². The first kappa shape index (κ1) is 7.85. The predicted molar refractivity (Wildman–Crippen MR) is 51.0 cm³/mol. The van der Waals surface area contributed by atoms with Crippen LogP contribution in [0.1, 0.15) is 6.42 Å². The van der Waals surface area contributed by atoms with E-state index in [2.05, 4.69) is 27.3 Å². The van der Waals surface area contributed by atoms with E-state index in [1.165, 1.54) is 0 Å². The van der Waals surface area contributed by atoms with Crippen molar-refractivity contribution in [3.05, 3.63) is 23.9 Å². The molecule has 2 rings (SSSR count). The largest absolute Gasteiger partial charge is 0.368 e. The van der Waals surface area contributed by atoms with Crippen LogP contribution in [-0.4, -0.2) is 22.2 Å². The first-order valence-corrected chi connectivity index (χ1v) is 4.05. The molecule has 1 aromatic heterocycles. The summed E-state index contributed by atoms with van der Waals surface area (Å²) in [7, 11) is 1.91. The van der Waals surface area contributed by atoms with Crippen LogP contribution in [0.3, 0.4) is 0 Å². The molecule has 0 atom stereocenters. The fourth-order valence-corrected chi connectivity index (χ4v) is 1.22. The first-order valence-electron chi connectivity index (χ1n) is 4.05. The van der Waals surface area contributed by atoms with Gasteiger partial charge in [-0.3, -0.25) is 0 Å². The normalized spacial score (nSPS) is 14.7. The maximum atomic E-state index is 5.42. The molecule has 0 radical (unpaired) electrons. The zero-order valence-electron chi connectivity index (χ0n) is 7.36. The van der Waals surface area contributed by atoms with Crippen molar-refractivity contribution in [2.24, 2.45) is 0 Å². The summed E-state index contributed by atoms with van der Waals surface area (Å²) in [6.07, 6.45) is 7.19. The molecule has 0 amide bonds. The summed E-state index contributed by atoms with van der Waals surface area (Å²) in [6.45, 7) is 0. The van der Waals surface area contributed by atoms with Gasteiger partial charge in [-0.15, -0.1) is 5.10 Å². The number of aromatic nitrogens is 3. The van der Waals surface area contributed by atoms with Gasteiger partial charge in [0.1, 0.15) is 0 Å². The van der Waals surface area contributed by atoms with Gasteiger partial charge in [-0.1, -0.05) is 12.2 Å². The molecule has 0 spiro atoms. The van der Waals surface area contributed by atoms with E-state index in [4.69, 9.17) is 5.73 Å². The summed E-state index contributed by atoms with van der Waals surface area (Å²) < 4.78 is 0. The Bertz CT molecular complexity index is 362.